The summed E-state index contributed by atoms with van der Waals surface area (Å²) in [5.74, 6) is 0.504. The molecule has 26 heavy (non-hydrogen) atoms. The van der Waals surface area contributed by atoms with E-state index < -0.39 is 10.0 Å². The second kappa shape index (κ2) is 7.22. The van der Waals surface area contributed by atoms with Gasteiger partial charge in [-0.3, -0.25) is 4.79 Å². The lowest BCUT2D eigenvalue weighted by Gasteiger charge is -2.12. The fourth-order valence-corrected chi connectivity index (χ4v) is 3.24. The molecule has 3 rings (SSSR count). The Kier molecular flexibility index (Phi) is 5.01. The van der Waals surface area contributed by atoms with Crippen molar-refractivity contribution in [3.8, 4) is 5.75 Å². The van der Waals surface area contributed by atoms with E-state index in [1.54, 1.807) is 36.4 Å². The molecule has 8 nitrogen and oxygen atoms in total. The number of benzene rings is 2. The Labute approximate surface area is 150 Å². The van der Waals surface area contributed by atoms with E-state index in [9.17, 15) is 13.2 Å². The van der Waals surface area contributed by atoms with Crippen molar-refractivity contribution in [3.05, 3.63) is 58.9 Å². The first-order chi connectivity index (χ1) is 12.4. The van der Waals surface area contributed by atoms with Gasteiger partial charge in [-0.2, -0.15) is 0 Å². The van der Waals surface area contributed by atoms with Crippen LogP contribution in [0.2, 0.25) is 0 Å². The van der Waals surface area contributed by atoms with Crippen molar-refractivity contribution in [1.29, 1.82) is 0 Å². The van der Waals surface area contributed by atoms with Crippen molar-refractivity contribution in [2.24, 2.45) is 0 Å². The number of hydrogen-bond acceptors (Lipinski definition) is 6. The normalized spacial score (nSPS) is 11.8. The molecule has 0 unspecified atom stereocenters. The summed E-state index contributed by atoms with van der Waals surface area (Å²) in [6.07, 6.45) is 0. The Bertz CT molecular complexity index is 1080. The molecule has 1 heterocycles. The molecule has 0 amide bonds. The highest BCUT2D eigenvalue weighted by molar-refractivity contribution is 7.89. The molecule has 0 atom stereocenters. The highest BCUT2D eigenvalue weighted by Gasteiger charge is 2.16. The lowest BCUT2D eigenvalue weighted by molar-refractivity contribution is 0.285. The largest absolute Gasteiger partial charge is 0.492 e. The lowest BCUT2D eigenvalue weighted by Crippen LogP contribution is -2.26. The van der Waals surface area contributed by atoms with Gasteiger partial charge in [-0.05, 0) is 36.4 Å². The van der Waals surface area contributed by atoms with Gasteiger partial charge in [0, 0.05) is 14.1 Å². The van der Waals surface area contributed by atoms with E-state index >= 15 is 0 Å². The van der Waals surface area contributed by atoms with Crippen LogP contribution in [0.1, 0.15) is 0 Å². The predicted molar refractivity (Wildman–Crippen MR) is 96.6 cm³/mol. The maximum Gasteiger partial charge on any atom is 0.277 e. The van der Waals surface area contributed by atoms with Crippen molar-refractivity contribution in [2.45, 2.75) is 11.4 Å². The maximum absolute atomic E-state index is 12.3. The second-order valence-corrected chi connectivity index (χ2v) is 7.89. The summed E-state index contributed by atoms with van der Waals surface area (Å²) >= 11 is 0. The average molecular weight is 374 g/mol. The fraction of sp³-hybridized carbons (Fsp3) is 0.235. The van der Waals surface area contributed by atoms with Crippen LogP contribution in [-0.4, -0.2) is 48.4 Å². The van der Waals surface area contributed by atoms with Gasteiger partial charge in [-0.15, -0.1) is 5.10 Å². The maximum atomic E-state index is 12.3. The first-order valence-corrected chi connectivity index (χ1v) is 9.31. The molecule has 0 aliphatic carbocycles. The summed E-state index contributed by atoms with van der Waals surface area (Å²) in [5, 5.41) is 8.40. The highest BCUT2D eigenvalue weighted by atomic mass is 32.2. The minimum Gasteiger partial charge on any atom is -0.492 e. The molecule has 0 radical (unpaired) electrons. The summed E-state index contributed by atoms with van der Waals surface area (Å²) in [6, 6.07) is 13.1. The average Bonchev–Trinajstić information content (AvgIpc) is 2.64. The van der Waals surface area contributed by atoms with E-state index in [0.717, 1.165) is 4.31 Å². The topological polar surface area (TPSA) is 94.4 Å². The second-order valence-electron chi connectivity index (χ2n) is 5.74. The van der Waals surface area contributed by atoms with Gasteiger partial charge in [0.25, 0.3) is 5.56 Å². The summed E-state index contributed by atoms with van der Waals surface area (Å²) in [7, 11) is -0.521. The molecule has 0 aliphatic heterocycles. The summed E-state index contributed by atoms with van der Waals surface area (Å²) < 4.78 is 32.0. The Morgan fingerprint density at radius 3 is 2.46 bits per heavy atom. The predicted octanol–water partition coefficient (Wildman–Crippen LogP) is 1.12. The molecule has 136 valence electrons. The van der Waals surface area contributed by atoms with E-state index in [-0.39, 0.29) is 23.6 Å². The molecule has 0 spiro atoms. The Balaban J connectivity index is 1.67. The van der Waals surface area contributed by atoms with Crippen LogP contribution in [0, 0.1) is 0 Å². The fourth-order valence-electron chi connectivity index (χ4n) is 2.34. The lowest BCUT2D eigenvalue weighted by atomic mass is 10.2. The molecule has 1 aromatic heterocycles. The van der Waals surface area contributed by atoms with Crippen molar-refractivity contribution in [1.82, 2.24) is 19.3 Å². The van der Waals surface area contributed by atoms with E-state index in [1.807, 2.05) is 0 Å². The van der Waals surface area contributed by atoms with Gasteiger partial charge in [-0.1, -0.05) is 17.3 Å². The van der Waals surface area contributed by atoms with Crippen molar-refractivity contribution in [2.75, 3.05) is 20.7 Å². The molecular weight excluding hydrogens is 356 g/mol. The van der Waals surface area contributed by atoms with Gasteiger partial charge in [0.05, 0.1) is 16.8 Å². The third-order valence-electron chi connectivity index (χ3n) is 3.80. The number of sulfonamides is 1. The van der Waals surface area contributed by atoms with Crippen LogP contribution in [0.25, 0.3) is 10.9 Å². The number of fused-ring (bicyclic) bond motifs is 1. The number of rotatable bonds is 6. The molecule has 0 aliphatic rings. The molecule has 2 aromatic carbocycles. The van der Waals surface area contributed by atoms with Crippen LogP contribution in [0.5, 0.6) is 5.75 Å². The zero-order valence-corrected chi connectivity index (χ0v) is 15.2. The van der Waals surface area contributed by atoms with Crippen LogP contribution in [0.4, 0.5) is 0 Å². The Hall–Kier alpha value is -2.78. The van der Waals surface area contributed by atoms with Gasteiger partial charge >= 0.3 is 0 Å². The minimum atomic E-state index is -3.47. The molecule has 0 bridgehead atoms. The first-order valence-electron chi connectivity index (χ1n) is 7.87. The molecule has 3 aromatic rings. The van der Waals surface area contributed by atoms with Crippen LogP contribution in [-0.2, 0) is 16.6 Å². The first kappa shape index (κ1) is 18.0. The summed E-state index contributed by atoms with van der Waals surface area (Å²) in [4.78, 5) is 12.5. The molecule has 9 heteroatoms. The van der Waals surface area contributed by atoms with Crippen molar-refractivity contribution < 1.29 is 13.2 Å². The number of aromatic nitrogens is 3. The smallest absolute Gasteiger partial charge is 0.277 e. The summed E-state index contributed by atoms with van der Waals surface area (Å²) in [6.45, 7) is 0.432. The molecule has 0 saturated carbocycles. The van der Waals surface area contributed by atoms with E-state index in [2.05, 4.69) is 10.3 Å². The molecule has 0 saturated heterocycles. The van der Waals surface area contributed by atoms with Crippen molar-refractivity contribution >= 4 is 20.9 Å². The van der Waals surface area contributed by atoms with Crippen LogP contribution < -0.4 is 10.3 Å². The van der Waals surface area contributed by atoms with Gasteiger partial charge in [0.15, 0.2) is 0 Å². The SMILES string of the molecule is CN(C)S(=O)(=O)c1ccc(OCCn2nnc3ccccc3c2=O)cc1. The van der Waals surface area contributed by atoms with Gasteiger partial charge in [-0.25, -0.2) is 17.4 Å². The van der Waals surface area contributed by atoms with Gasteiger partial charge in [0.1, 0.15) is 17.9 Å². The minimum absolute atomic E-state index is 0.187. The highest BCUT2D eigenvalue weighted by Crippen LogP contribution is 2.18. The third-order valence-corrected chi connectivity index (χ3v) is 5.63. The van der Waals surface area contributed by atoms with Crippen LogP contribution in [0.15, 0.2) is 58.2 Å². The van der Waals surface area contributed by atoms with E-state index in [4.69, 9.17) is 4.74 Å². The standard InChI is InChI=1S/C17H18N4O4S/c1-20(2)26(23,24)14-9-7-13(8-10-14)25-12-11-21-17(22)15-5-3-4-6-16(15)18-19-21/h3-10H,11-12H2,1-2H3. The zero-order chi connectivity index (χ0) is 18.7. The number of nitrogens with zero attached hydrogens (tertiary/aromatic N) is 4. The Morgan fingerprint density at radius 1 is 1.08 bits per heavy atom. The zero-order valence-electron chi connectivity index (χ0n) is 14.4. The number of ether oxygens (including phenoxy) is 1. The van der Waals surface area contributed by atoms with Crippen LogP contribution >= 0.6 is 0 Å². The number of hydrogen-bond donors (Lipinski definition) is 0. The van der Waals surface area contributed by atoms with E-state index in [1.165, 1.54) is 30.9 Å². The third kappa shape index (κ3) is 3.58. The van der Waals surface area contributed by atoms with Crippen LogP contribution in [0.3, 0.4) is 0 Å². The quantitative estimate of drug-likeness (QED) is 0.642. The Morgan fingerprint density at radius 2 is 1.77 bits per heavy atom. The molecule has 0 N–H and O–H groups in total. The van der Waals surface area contributed by atoms with Gasteiger partial charge in [0.2, 0.25) is 10.0 Å². The monoisotopic (exact) mass is 374 g/mol. The molecule has 0 fully saturated rings. The summed E-state index contributed by atoms with van der Waals surface area (Å²) in [5.41, 5.74) is 0.319. The van der Waals surface area contributed by atoms with Gasteiger partial charge < -0.3 is 4.74 Å². The molecular formula is C17H18N4O4S. The van der Waals surface area contributed by atoms with E-state index in [0.29, 0.717) is 16.7 Å². The van der Waals surface area contributed by atoms with Crippen molar-refractivity contribution in [3.63, 3.8) is 0 Å².